The van der Waals surface area contributed by atoms with Gasteiger partial charge < -0.3 is 19.5 Å². The van der Waals surface area contributed by atoms with E-state index in [2.05, 4.69) is 58.5 Å². The third kappa shape index (κ3) is 6.00. The van der Waals surface area contributed by atoms with Crippen LogP contribution in [0.1, 0.15) is 22.3 Å². The molecule has 0 atom stereocenters. The summed E-state index contributed by atoms with van der Waals surface area (Å²) in [4.78, 5) is 0. The third-order valence-electron chi connectivity index (χ3n) is 4.85. The van der Waals surface area contributed by atoms with E-state index in [1.807, 2.05) is 30.3 Å². The second-order valence-corrected chi connectivity index (χ2v) is 7.98. The van der Waals surface area contributed by atoms with E-state index in [0.29, 0.717) is 6.61 Å². The average Bonchev–Trinajstić information content (AvgIpc) is 2.76. The third-order valence-corrected chi connectivity index (χ3v) is 5.44. The highest BCUT2D eigenvalue weighted by atomic mass is 79.9. The van der Waals surface area contributed by atoms with Gasteiger partial charge in [-0.3, -0.25) is 0 Å². The number of rotatable bonds is 10. The van der Waals surface area contributed by atoms with E-state index in [-0.39, 0.29) is 0 Å². The Balaban J connectivity index is 1.59. The van der Waals surface area contributed by atoms with Crippen molar-refractivity contribution in [3.05, 3.63) is 87.4 Å². The van der Waals surface area contributed by atoms with Crippen LogP contribution in [0.25, 0.3) is 0 Å². The van der Waals surface area contributed by atoms with Gasteiger partial charge in [-0.1, -0.05) is 48.0 Å². The van der Waals surface area contributed by atoms with Gasteiger partial charge in [-0.2, -0.15) is 0 Å². The fourth-order valence-corrected chi connectivity index (χ4v) is 3.94. The van der Waals surface area contributed by atoms with Crippen LogP contribution in [0.5, 0.6) is 17.2 Å². The number of hydrogen-bond acceptors (Lipinski definition) is 4. The molecule has 0 aromatic heterocycles. The summed E-state index contributed by atoms with van der Waals surface area (Å²) in [6.07, 6.45) is 0.903. The monoisotopic (exact) mass is 469 g/mol. The lowest BCUT2D eigenvalue weighted by Crippen LogP contribution is -2.17. The van der Waals surface area contributed by atoms with Crippen LogP contribution in [0.15, 0.2) is 65.1 Å². The Labute approximate surface area is 187 Å². The molecule has 0 bridgehead atoms. The zero-order valence-electron chi connectivity index (χ0n) is 17.7. The van der Waals surface area contributed by atoms with Gasteiger partial charge in [-0.15, -0.1) is 0 Å². The number of ether oxygens (including phenoxy) is 3. The number of methoxy groups -OCH3 is 2. The second kappa shape index (κ2) is 11.0. The van der Waals surface area contributed by atoms with Gasteiger partial charge in [0.15, 0.2) is 11.5 Å². The number of halogens is 1. The fraction of sp³-hybridized carbons (Fsp3) is 0.280. The summed E-state index contributed by atoms with van der Waals surface area (Å²) in [5.41, 5.74) is 4.68. The van der Waals surface area contributed by atoms with Gasteiger partial charge in [0.1, 0.15) is 12.4 Å². The van der Waals surface area contributed by atoms with Gasteiger partial charge >= 0.3 is 0 Å². The van der Waals surface area contributed by atoms with E-state index in [9.17, 15) is 0 Å². The molecule has 0 aliphatic rings. The van der Waals surface area contributed by atoms with Crippen LogP contribution in [0.3, 0.4) is 0 Å². The summed E-state index contributed by atoms with van der Waals surface area (Å²) >= 11 is 3.64. The molecule has 158 valence electrons. The zero-order valence-corrected chi connectivity index (χ0v) is 19.3. The predicted octanol–water partition coefficient (Wildman–Crippen LogP) is 5.69. The summed E-state index contributed by atoms with van der Waals surface area (Å²) in [6.45, 7) is 4.16. The SMILES string of the molecule is COc1ccccc1CCNCc1cc(Br)c(OCc2cccc(C)c2)c(OC)c1. The lowest BCUT2D eigenvalue weighted by atomic mass is 10.1. The molecule has 0 aliphatic heterocycles. The number of aryl methyl sites for hydroxylation is 1. The van der Waals surface area contributed by atoms with Gasteiger partial charge in [0, 0.05) is 6.54 Å². The van der Waals surface area contributed by atoms with Crippen molar-refractivity contribution in [3.63, 3.8) is 0 Å². The van der Waals surface area contributed by atoms with Crippen molar-refractivity contribution >= 4 is 15.9 Å². The first-order valence-electron chi connectivity index (χ1n) is 9.98. The summed E-state index contributed by atoms with van der Waals surface area (Å²) in [5, 5.41) is 3.49. The van der Waals surface area contributed by atoms with Crippen molar-refractivity contribution in [2.45, 2.75) is 26.5 Å². The Hall–Kier alpha value is -2.50. The van der Waals surface area contributed by atoms with Crippen molar-refractivity contribution in [1.82, 2.24) is 5.32 Å². The van der Waals surface area contributed by atoms with Crippen molar-refractivity contribution in [2.24, 2.45) is 0 Å². The Morgan fingerprint density at radius 2 is 1.67 bits per heavy atom. The number of hydrogen-bond donors (Lipinski definition) is 1. The topological polar surface area (TPSA) is 39.7 Å². The molecule has 0 radical (unpaired) electrons. The number of nitrogens with one attached hydrogen (secondary N) is 1. The number of para-hydroxylation sites is 1. The van der Waals surface area contributed by atoms with E-state index in [1.165, 1.54) is 11.1 Å². The van der Waals surface area contributed by atoms with Crippen LogP contribution in [-0.4, -0.2) is 20.8 Å². The normalized spacial score (nSPS) is 10.7. The van der Waals surface area contributed by atoms with Crippen molar-refractivity contribution < 1.29 is 14.2 Å². The maximum Gasteiger partial charge on any atom is 0.175 e. The molecule has 5 heteroatoms. The summed E-state index contributed by atoms with van der Waals surface area (Å²) < 4.78 is 17.9. The van der Waals surface area contributed by atoms with Crippen LogP contribution >= 0.6 is 15.9 Å². The van der Waals surface area contributed by atoms with E-state index in [0.717, 1.165) is 52.4 Å². The Bertz CT molecular complexity index is 974. The van der Waals surface area contributed by atoms with Crippen LogP contribution < -0.4 is 19.5 Å². The van der Waals surface area contributed by atoms with Crippen LogP contribution in [-0.2, 0) is 19.6 Å². The van der Waals surface area contributed by atoms with Crippen molar-refractivity contribution in [3.8, 4) is 17.2 Å². The summed E-state index contributed by atoms with van der Waals surface area (Å²) in [5.74, 6) is 2.37. The Kier molecular flexibility index (Phi) is 8.17. The molecule has 3 rings (SSSR count). The van der Waals surface area contributed by atoms with Crippen molar-refractivity contribution in [1.29, 1.82) is 0 Å². The molecular weight excluding hydrogens is 442 g/mol. The molecule has 0 amide bonds. The highest BCUT2D eigenvalue weighted by molar-refractivity contribution is 9.10. The molecule has 3 aromatic carbocycles. The molecule has 0 heterocycles. The number of benzene rings is 3. The molecule has 0 saturated heterocycles. The van der Waals surface area contributed by atoms with E-state index in [1.54, 1.807) is 14.2 Å². The second-order valence-electron chi connectivity index (χ2n) is 7.13. The molecular formula is C25H28BrNO3. The predicted molar refractivity (Wildman–Crippen MR) is 125 cm³/mol. The minimum Gasteiger partial charge on any atom is -0.496 e. The highest BCUT2D eigenvalue weighted by Gasteiger charge is 2.12. The van der Waals surface area contributed by atoms with Crippen LogP contribution in [0.2, 0.25) is 0 Å². The lowest BCUT2D eigenvalue weighted by molar-refractivity contribution is 0.282. The molecule has 0 spiro atoms. The maximum atomic E-state index is 6.06. The van der Waals surface area contributed by atoms with E-state index in [4.69, 9.17) is 14.2 Å². The largest absolute Gasteiger partial charge is 0.496 e. The molecule has 0 saturated carbocycles. The zero-order chi connectivity index (χ0) is 21.3. The first-order chi connectivity index (χ1) is 14.6. The summed E-state index contributed by atoms with van der Waals surface area (Å²) in [6, 6.07) is 20.5. The van der Waals surface area contributed by atoms with Crippen molar-refractivity contribution in [2.75, 3.05) is 20.8 Å². The van der Waals surface area contributed by atoms with E-state index < -0.39 is 0 Å². The minimum absolute atomic E-state index is 0.493. The van der Waals surface area contributed by atoms with Crippen LogP contribution in [0, 0.1) is 6.92 Å². The molecule has 0 fully saturated rings. The Morgan fingerprint density at radius 3 is 2.43 bits per heavy atom. The minimum atomic E-state index is 0.493. The van der Waals surface area contributed by atoms with Gasteiger partial charge in [0.05, 0.1) is 18.7 Å². The highest BCUT2D eigenvalue weighted by Crippen LogP contribution is 2.37. The molecule has 0 aliphatic carbocycles. The first kappa shape index (κ1) is 22.2. The molecule has 4 nitrogen and oxygen atoms in total. The molecule has 1 N–H and O–H groups in total. The standard InChI is InChI=1S/C25H28BrNO3/c1-18-7-6-8-19(13-18)17-30-25-22(26)14-20(15-24(25)29-3)16-27-12-11-21-9-4-5-10-23(21)28-2/h4-10,13-15,27H,11-12,16-17H2,1-3H3. The van der Waals surface area contributed by atoms with Crippen LogP contribution in [0.4, 0.5) is 0 Å². The van der Waals surface area contributed by atoms with Gasteiger partial charge in [-0.25, -0.2) is 0 Å². The lowest BCUT2D eigenvalue weighted by Gasteiger charge is -2.15. The van der Waals surface area contributed by atoms with Gasteiger partial charge in [0.25, 0.3) is 0 Å². The van der Waals surface area contributed by atoms with Gasteiger partial charge in [0.2, 0.25) is 0 Å². The maximum absolute atomic E-state index is 6.06. The molecule has 0 unspecified atom stereocenters. The quantitative estimate of drug-likeness (QED) is 0.387. The smallest absolute Gasteiger partial charge is 0.175 e. The fourth-order valence-electron chi connectivity index (χ4n) is 3.34. The van der Waals surface area contributed by atoms with E-state index >= 15 is 0 Å². The molecule has 30 heavy (non-hydrogen) atoms. The Morgan fingerprint density at radius 1 is 0.867 bits per heavy atom. The average molecular weight is 470 g/mol. The first-order valence-corrected chi connectivity index (χ1v) is 10.8. The van der Waals surface area contributed by atoms with Gasteiger partial charge in [-0.05, 0) is 70.7 Å². The molecule has 3 aromatic rings. The summed E-state index contributed by atoms with van der Waals surface area (Å²) in [7, 11) is 3.37.